The molecule has 1 aliphatic rings. The molecule has 45 valence electrons. The Hall–Kier alpha value is -0.980. The van der Waals surface area contributed by atoms with E-state index in [0.717, 1.165) is 6.42 Å². The van der Waals surface area contributed by atoms with Gasteiger partial charge in [0.1, 0.15) is 0 Å². The summed E-state index contributed by atoms with van der Waals surface area (Å²) in [4.78, 5) is 3.12. The number of rotatable bonds is 0. The third-order valence-electron chi connectivity index (χ3n) is 1.64. The first-order valence-corrected chi connectivity index (χ1v) is 3.21. The molecule has 0 amide bonds. The van der Waals surface area contributed by atoms with E-state index in [4.69, 9.17) is 0 Å². The highest BCUT2D eigenvalue weighted by Gasteiger charge is 2.02. The number of H-pyrrole nitrogens is 1. The Balaban J connectivity index is 2.53. The maximum absolute atomic E-state index is 3.15. The van der Waals surface area contributed by atoms with Crippen molar-refractivity contribution in [2.24, 2.45) is 0 Å². The number of aromatic amines is 1. The fourth-order valence-corrected chi connectivity index (χ4v) is 1.15. The lowest BCUT2D eigenvalue weighted by Crippen LogP contribution is -1.89. The van der Waals surface area contributed by atoms with E-state index in [1.165, 1.54) is 17.7 Å². The Morgan fingerprint density at radius 1 is 1.56 bits per heavy atom. The summed E-state index contributed by atoms with van der Waals surface area (Å²) in [7, 11) is 0. The van der Waals surface area contributed by atoms with Crippen LogP contribution < -0.4 is 0 Å². The molecule has 0 saturated carbocycles. The van der Waals surface area contributed by atoms with Crippen molar-refractivity contribution in [3.05, 3.63) is 29.6 Å². The summed E-state index contributed by atoms with van der Waals surface area (Å²) in [6.45, 7) is 0. The Morgan fingerprint density at radius 3 is 3.44 bits per heavy atom. The molecule has 0 bridgehead atoms. The lowest BCUT2D eigenvalue weighted by molar-refractivity contribution is 0.984. The molecule has 9 heavy (non-hydrogen) atoms. The van der Waals surface area contributed by atoms with Gasteiger partial charge in [-0.05, 0) is 24.5 Å². The van der Waals surface area contributed by atoms with E-state index in [9.17, 15) is 0 Å². The molecule has 1 heterocycles. The zero-order chi connectivity index (χ0) is 6.10. The van der Waals surface area contributed by atoms with Crippen LogP contribution in [0.15, 0.2) is 12.3 Å². The van der Waals surface area contributed by atoms with E-state index in [1.807, 2.05) is 6.20 Å². The predicted molar refractivity (Wildman–Crippen MR) is 37.0 cm³/mol. The number of aromatic nitrogens is 1. The van der Waals surface area contributed by atoms with Gasteiger partial charge < -0.3 is 4.98 Å². The normalized spacial score (nSPS) is 15.6. The summed E-state index contributed by atoms with van der Waals surface area (Å²) >= 11 is 0. The molecule has 0 fully saturated rings. The zero-order valence-electron chi connectivity index (χ0n) is 5.15. The van der Waals surface area contributed by atoms with Crippen molar-refractivity contribution in [3.8, 4) is 0 Å². The zero-order valence-corrected chi connectivity index (χ0v) is 5.15. The SMILES string of the molecule is [c]1c[nH]c2c1CCC=C2. The molecule has 2 rings (SSSR count). The van der Waals surface area contributed by atoms with Crippen LogP contribution in [0.3, 0.4) is 0 Å². The molecule has 1 radical (unpaired) electrons. The van der Waals surface area contributed by atoms with Crippen LogP contribution in [-0.2, 0) is 6.42 Å². The average Bonchev–Trinajstić information content (AvgIpc) is 2.33. The van der Waals surface area contributed by atoms with Gasteiger partial charge in [-0.15, -0.1) is 0 Å². The van der Waals surface area contributed by atoms with Crippen LogP contribution in [0.5, 0.6) is 0 Å². The lowest BCUT2D eigenvalue weighted by atomic mass is 10.1. The molecule has 0 aliphatic heterocycles. The van der Waals surface area contributed by atoms with Gasteiger partial charge in [-0.1, -0.05) is 6.08 Å². The molecule has 0 spiro atoms. The number of aryl methyl sites for hydroxylation is 1. The van der Waals surface area contributed by atoms with Gasteiger partial charge in [0.25, 0.3) is 0 Å². The standard InChI is InChI=1S/C8H8N/c1-2-4-8-7(3-1)5-6-9-8/h2,4,6,9H,1,3H2. The van der Waals surface area contributed by atoms with E-state index in [-0.39, 0.29) is 0 Å². The molecular formula is C8H8N. The second-order valence-corrected chi connectivity index (χ2v) is 2.27. The highest BCUT2D eigenvalue weighted by Crippen LogP contribution is 2.15. The summed E-state index contributed by atoms with van der Waals surface area (Å²) in [6.07, 6.45) is 8.50. The maximum Gasteiger partial charge on any atom is 0.0416 e. The van der Waals surface area contributed by atoms with E-state index in [0.29, 0.717) is 0 Å². The summed E-state index contributed by atoms with van der Waals surface area (Å²) in [6, 6.07) is 3.15. The van der Waals surface area contributed by atoms with Gasteiger partial charge in [0, 0.05) is 18.0 Å². The van der Waals surface area contributed by atoms with Gasteiger partial charge in [-0.2, -0.15) is 0 Å². The van der Waals surface area contributed by atoms with Crippen molar-refractivity contribution in [1.82, 2.24) is 4.98 Å². The van der Waals surface area contributed by atoms with Gasteiger partial charge in [0.2, 0.25) is 0 Å². The minimum atomic E-state index is 1.15. The average molecular weight is 118 g/mol. The van der Waals surface area contributed by atoms with E-state index < -0.39 is 0 Å². The van der Waals surface area contributed by atoms with Crippen molar-refractivity contribution in [1.29, 1.82) is 0 Å². The van der Waals surface area contributed by atoms with Crippen LogP contribution >= 0.6 is 0 Å². The summed E-state index contributed by atoms with van der Waals surface area (Å²) in [5, 5.41) is 0. The summed E-state index contributed by atoms with van der Waals surface area (Å²) < 4.78 is 0. The van der Waals surface area contributed by atoms with Crippen LogP contribution in [0.1, 0.15) is 17.7 Å². The quantitative estimate of drug-likeness (QED) is 0.534. The minimum absolute atomic E-state index is 1.15. The smallest absolute Gasteiger partial charge is 0.0416 e. The highest BCUT2D eigenvalue weighted by molar-refractivity contribution is 5.51. The number of fused-ring (bicyclic) bond motifs is 1. The number of hydrogen-bond donors (Lipinski definition) is 1. The third kappa shape index (κ3) is 0.689. The molecule has 0 saturated heterocycles. The van der Waals surface area contributed by atoms with Gasteiger partial charge in [0.05, 0.1) is 0 Å². The molecule has 1 nitrogen and oxygen atoms in total. The van der Waals surface area contributed by atoms with Gasteiger partial charge in [0.15, 0.2) is 0 Å². The fourth-order valence-electron chi connectivity index (χ4n) is 1.15. The Morgan fingerprint density at radius 2 is 2.56 bits per heavy atom. The molecule has 1 heteroatoms. The second-order valence-electron chi connectivity index (χ2n) is 2.27. The molecular weight excluding hydrogens is 110 g/mol. The number of nitrogens with one attached hydrogen (secondary N) is 1. The Bertz CT molecular complexity index is 232. The monoisotopic (exact) mass is 118 g/mol. The maximum atomic E-state index is 3.15. The van der Waals surface area contributed by atoms with Crippen LogP contribution in [0.4, 0.5) is 0 Å². The Kier molecular flexibility index (Phi) is 0.950. The van der Waals surface area contributed by atoms with Crippen LogP contribution in [-0.4, -0.2) is 4.98 Å². The topological polar surface area (TPSA) is 15.8 Å². The van der Waals surface area contributed by atoms with Crippen LogP contribution in [0.25, 0.3) is 6.08 Å². The fraction of sp³-hybridized carbons (Fsp3) is 0.250. The molecule has 0 aromatic carbocycles. The number of hydrogen-bond acceptors (Lipinski definition) is 0. The first-order valence-electron chi connectivity index (χ1n) is 3.21. The van der Waals surface area contributed by atoms with Crippen LogP contribution in [0.2, 0.25) is 0 Å². The number of allylic oxidation sites excluding steroid dienone is 1. The molecule has 1 N–H and O–H groups in total. The van der Waals surface area contributed by atoms with E-state index in [1.54, 1.807) is 0 Å². The van der Waals surface area contributed by atoms with Gasteiger partial charge >= 0.3 is 0 Å². The summed E-state index contributed by atoms with van der Waals surface area (Å²) in [5.74, 6) is 0. The van der Waals surface area contributed by atoms with Crippen molar-refractivity contribution in [3.63, 3.8) is 0 Å². The molecule has 0 unspecified atom stereocenters. The predicted octanol–water partition coefficient (Wildman–Crippen LogP) is 1.77. The van der Waals surface area contributed by atoms with Crippen molar-refractivity contribution in [2.75, 3.05) is 0 Å². The second kappa shape index (κ2) is 1.76. The first-order chi connectivity index (χ1) is 4.47. The molecule has 1 aromatic rings. The van der Waals surface area contributed by atoms with Crippen molar-refractivity contribution < 1.29 is 0 Å². The minimum Gasteiger partial charge on any atom is -0.361 e. The molecule has 0 atom stereocenters. The Labute approximate surface area is 54.4 Å². The van der Waals surface area contributed by atoms with Crippen molar-refractivity contribution >= 4 is 6.08 Å². The lowest BCUT2D eigenvalue weighted by Gasteiger charge is -2.01. The highest BCUT2D eigenvalue weighted by atomic mass is 14.7. The van der Waals surface area contributed by atoms with Gasteiger partial charge in [-0.25, -0.2) is 0 Å². The summed E-state index contributed by atoms with van der Waals surface area (Å²) in [5.41, 5.74) is 2.57. The third-order valence-corrected chi connectivity index (χ3v) is 1.64. The largest absolute Gasteiger partial charge is 0.361 e. The van der Waals surface area contributed by atoms with E-state index in [2.05, 4.69) is 23.2 Å². The first kappa shape index (κ1) is 4.86. The van der Waals surface area contributed by atoms with Gasteiger partial charge in [-0.3, -0.25) is 0 Å². The van der Waals surface area contributed by atoms with Crippen molar-refractivity contribution in [2.45, 2.75) is 12.8 Å². The van der Waals surface area contributed by atoms with Crippen LogP contribution in [0, 0.1) is 6.07 Å². The van der Waals surface area contributed by atoms with E-state index >= 15 is 0 Å². The molecule has 1 aromatic heterocycles. The molecule has 1 aliphatic carbocycles.